The van der Waals surface area contributed by atoms with Gasteiger partial charge in [0.2, 0.25) is 0 Å². The largest absolute Gasteiger partial charge is 0.380 e. The number of nitrogens with zero attached hydrogens (tertiary/aromatic N) is 1. The van der Waals surface area contributed by atoms with E-state index in [1.807, 2.05) is 42.5 Å². The molecule has 0 heterocycles. The standard InChI is InChI=1S/C20H26N2O2/c1-3-22(19-11-5-4-6-12-19)14-8-13-21-20(23)18-10-7-9-17(15-18)16-24-2/h4-7,9-12,15H,3,8,13-14,16H2,1-2H3,(H,21,23). The highest BCUT2D eigenvalue weighted by Gasteiger charge is 2.07. The van der Waals surface area contributed by atoms with E-state index in [0.717, 1.165) is 25.1 Å². The minimum Gasteiger partial charge on any atom is -0.380 e. The van der Waals surface area contributed by atoms with Crippen LogP contribution in [0.15, 0.2) is 54.6 Å². The van der Waals surface area contributed by atoms with Crippen molar-refractivity contribution < 1.29 is 9.53 Å². The molecule has 128 valence electrons. The van der Waals surface area contributed by atoms with Gasteiger partial charge in [0.15, 0.2) is 0 Å². The summed E-state index contributed by atoms with van der Waals surface area (Å²) in [6, 6.07) is 17.9. The molecule has 0 aliphatic heterocycles. The van der Waals surface area contributed by atoms with Crippen LogP contribution in [0.1, 0.15) is 29.3 Å². The Hall–Kier alpha value is -2.33. The normalized spacial score (nSPS) is 10.4. The van der Waals surface area contributed by atoms with Crippen LogP contribution >= 0.6 is 0 Å². The highest BCUT2D eigenvalue weighted by atomic mass is 16.5. The van der Waals surface area contributed by atoms with Crippen molar-refractivity contribution in [3.63, 3.8) is 0 Å². The number of nitrogens with one attached hydrogen (secondary N) is 1. The predicted molar refractivity (Wildman–Crippen MR) is 98.4 cm³/mol. The van der Waals surface area contributed by atoms with Gasteiger partial charge in [0.25, 0.3) is 5.91 Å². The Labute approximate surface area is 144 Å². The van der Waals surface area contributed by atoms with Crippen LogP contribution in [-0.2, 0) is 11.3 Å². The quantitative estimate of drug-likeness (QED) is 0.717. The summed E-state index contributed by atoms with van der Waals surface area (Å²) >= 11 is 0. The third-order valence-corrected chi connectivity index (χ3v) is 3.89. The molecule has 0 saturated heterocycles. The second kappa shape index (κ2) is 9.73. The monoisotopic (exact) mass is 326 g/mol. The summed E-state index contributed by atoms with van der Waals surface area (Å²) in [5, 5.41) is 2.99. The predicted octanol–water partition coefficient (Wildman–Crippen LogP) is 3.48. The summed E-state index contributed by atoms with van der Waals surface area (Å²) in [5.74, 6) is -0.0317. The summed E-state index contributed by atoms with van der Waals surface area (Å²) in [6.45, 7) is 5.20. The van der Waals surface area contributed by atoms with Crippen LogP contribution in [0, 0.1) is 0 Å². The Morgan fingerprint density at radius 2 is 1.92 bits per heavy atom. The van der Waals surface area contributed by atoms with Crippen molar-refractivity contribution >= 4 is 11.6 Å². The first-order valence-electron chi connectivity index (χ1n) is 8.40. The Kier molecular flexibility index (Phi) is 7.30. The van der Waals surface area contributed by atoms with Crippen LogP contribution < -0.4 is 10.2 Å². The first kappa shape index (κ1) is 18.0. The van der Waals surface area contributed by atoms with Gasteiger partial charge in [0.1, 0.15) is 0 Å². The maximum absolute atomic E-state index is 12.2. The van der Waals surface area contributed by atoms with E-state index in [4.69, 9.17) is 4.74 Å². The van der Waals surface area contributed by atoms with Gasteiger partial charge in [0.05, 0.1) is 6.61 Å². The minimum atomic E-state index is -0.0317. The molecule has 1 N–H and O–H groups in total. The molecule has 0 bridgehead atoms. The van der Waals surface area contributed by atoms with Crippen LogP contribution in [0.2, 0.25) is 0 Å². The van der Waals surface area contributed by atoms with Crippen LogP contribution in [0.3, 0.4) is 0 Å². The SMILES string of the molecule is CCN(CCCNC(=O)c1cccc(COC)c1)c1ccccc1. The number of carbonyl (C=O) groups excluding carboxylic acids is 1. The number of amides is 1. The van der Waals surface area contributed by atoms with Gasteiger partial charge >= 0.3 is 0 Å². The van der Waals surface area contributed by atoms with Gasteiger partial charge in [0, 0.05) is 38.0 Å². The summed E-state index contributed by atoms with van der Waals surface area (Å²) in [5.41, 5.74) is 2.91. The lowest BCUT2D eigenvalue weighted by molar-refractivity contribution is 0.0953. The molecule has 2 rings (SSSR count). The summed E-state index contributed by atoms with van der Waals surface area (Å²) in [4.78, 5) is 14.5. The van der Waals surface area contributed by atoms with E-state index in [9.17, 15) is 4.79 Å². The van der Waals surface area contributed by atoms with Crippen molar-refractivity contribution in [2.45, 2.75) is 20.0 Å². The zero-order valence-electron chi connectivity index (χ0n) is 14.5. The molecule has 4 nitrogen and oxygen atoms in total. The molecule has 0 radical (unpaired) electrons. The zero-order chi connectivity index (χ0) is 17.2. The molecule has 0 unspecified atom stereocenters. The summed E-state index contributed by atoms with van der Waals surface area (Å²) in [6.07, 6.45) is 0.909. The Bertz CT molecular complexity index is 629. The van der Waals surface area contributed by atoms with Gasteiger partial charge in [-0.3, -0.25) is 4.79 Å². The zero-order valence-corrected chi connectivity index (χ0v) is 14.5. The molecule has 24 heavy (non-hydrogen) atoms. The summed E-state index contributed by atoms with van der Waals surface area (Å²) in [7, 11) is 1.65. The number of anilines is 1. The lowest BCUT2D eigenvalue weighted by Gasteiger charge is -2.23. The van der Waals surface area contributed by atoms with Crippen molar-refractivity contribution in [3.05, 3.63) is 65.7 Å². The number of methoxy groups -OCH3 is 1. The molecule has 4 heteroatoms. The Balaban J connectivity index is 1.79. The van der Waals surface area contributed by atoms with E-state index in [2.05, 4.69) is 29.3 Å². The Morgan fingerprint density at radius 1 is 1.12 bits per heavy atom. The van der Waals surface area contributed by atoms with Crippen LogP contribution in [0.25, 0.3) is 0 Å². The van der Waals surface area contributed by atoms with E-state index in [-0.39, 0.29) is 5.91 Å². The number of carbonyl (C=O) groups is 1. The fraction of sp³-hybridized carbons (Fsp3) is 0.350. The number of hydrogen-bond acceptors (Lipinski definition) is 3. The lowest BCUT2D eigenvalue weighted by atomic mass is 10.1. The fourth-order valence-corrected chi connectivity index (χ4v) is 2.65. The van der Waals surface area contributed by atoms with E-state index >= 15 is 0 Å². The molecule has 0 atom stereocenters. The molecule has 0 spiro atoms. The fourth-order valence-electron chi connectivity index (χ4n) is 2.65. The molecule has 0 aliphatic carbocycles. The number of hydrogen-bond donors (Lipinski definition) is 1. The van der Waals surface area contributed by atoms with Gasteiger partial charge in [-0.05, 0) is 43.2 Å². The maximum Gasteiger partial charge on any atom is 0.251 e. The topological polar surface area (TPSA) is 41.6 Å². The molecular formula is C20H26N2O2. The molecule has 0 fully saturated rings. The van der Waals surface area contributed by atoms with E-state index in [1.165, 1.54) is 5.69 Å². The first-order valence-corrected chi connectivity index (χ1v) is 8.40. The molecule has 0 aliphatic rings. The maximum atomic E-state index is 12.2. The number of rotatable bonds is 9. The first-order chi connectivity index (χ1) is 11.7. The second-order valence-corrected chi connectivity index (χ2v) is 5.66. The lowest BCUT2D eigenvalue weighted by Crippen LogP contribution is -2.30. The number of benzene rings is 2. The van der Waals surface area contributed by atoms with Crippen molar-refractivity contribution in [1.82, 2.24) is 5.32 Å². The number of para-hydroxylation sites is 1. The molecule has 2 aromatic carbocycles. The van der Waals surface area contributed by atoms with E-state index in [1.54, 1.807) is 7.11 Å². The second-order valence-electron chi connectivity index (χ2n) is 5.66. The van der Waals surface area contributed by atoms with Crippen molar-refractivity contribution in [3.8, 4) is 0 Å². The third kappa shape index (κ3) is 5.39. The molecular weight excluding hydrogens is 300 g/mol. The molecule has 1 amide bonds. The highest BCUT2D eigenvalue weighted by molar-refractivity contribution is 5.94. The minimum absolute atomic E-state index is 0.0317. The van der Waals surface area contributed by atoms with Crippen molar-refractivity contribution in [1.29, 1.82) is 0 Å². The summed E-state index contributed by atoms with van der Waals surface area (Å²) < 4.78 is 5.10. The average molecular weight is 326 g/mol. The Morgan fingerprint density at radius 3 is 2.62 bits per heavy atom. The van der Waals surface area contributed by atoms with Crippen LogP contribution in [0.4, 0.5) is 5.69 Å². The molecule has 0 aromatic heterocycles. The van der Waals surface area contributed by atoms with Gasteiger partial charge in [-0.2, -0.15) is 0 Å². The van der Waals surface area contributed by atoms with Gasteiger partial charge < -0.3 is 15.0 Å². The highest BCUT2D eigenvalue weighted by Crippen LogP contribution is 2.12. The molecule has 2 aromatic rings. The third-order valence-electron chi connectivity index (χ3n) is 3.89. The number of ether oxygens (including phenoxy) is 1. The van der Waals surface area contributed by atoms with Gasteiger partial charge in [-0.1, -0.05) is 30.3 Å². The van der Waals surface area contributed by atoms with E-state index in [0.29, 0.717) is 18.7 Å². The molecule has 0 saturated carbocycles. The van der Waals surface area contributed by atoms with E-state index < -0.39 is 0 Å². The van der Waals surface area contributed by atoms with Crippen LogP contribution in [-0.4, -0.2) is 32.7 Å². The van der Waals surface area contributed by atoms with Crippen LogP contribution in [0.5, 0.6) is 0 Å². The van der Waals surface area contributed by atoms with Gasteiger partial charge in [-0.25, -0.2) is 0 Å². The van der Waals surface area contributed by atoms with Crippen molar-refractivity contribution in [2.24, 2.45) is 0 Å². The van der Waals surface area contributed by atoms with Gasteiger partial charge in [-0.15, -0.1) is 0 Å². The average Bonchev–Trinajstić information content (AvgIpc) is 2.63. The smallest absolute Gasteiger partial charge is 0.251 e. The van der Waals surface area contributed by atoms with Crippen molar-refractivity contribution in [2.75, 3.05) is 31.6 Å².